The second-order valence-electron chi connectivity index (χ2n) is 5.34. The summed E-state index contributed by atoms with van der Waals surface area (Å²) >= 11 is 0. The van der Waals surface area contributed by atoms with Crippen molar-refractivity contribution in [3.05, 3.63) is 69.8 Å². The van der Waals surface area contributed by atoms with Crippen LogP contribution in [0.25, 0.3) is 0 Å². The van der Waals surface area contributed by atoms with Gasteiger partial charge in [-0.05, 0) is 48.2 Å². The van der Waals surface area contributed by atoms with E-state index >= 15 is 0 Å². The number of non-ortho nitro benzene ring substituents is 1. The van der Waals surface area contributed by atoms with Crippen molar-refractivity contribution >= 4 is 17.8 Å². The van der Waals surface area contributed by atoms with E-state index in [1.807, 2.05) is 24.3 Å². The highest BCUT2D eigenvalue weighted by atomic mass is 16.6. The number of rotatable bonds is 8. The lowest BCUT2D eigenvalue weighted by molar-refractivity contribution is -0.384. The minimum absolute atomic E-state index is 0.0136. The Bertz CT molecular complexity index is 740. The maximum Gasteiger partial charge on any atom is 0.269 e. The van der Waals surface area contributed by atoms with E-state index in [1.54, 1.807) is 19.2 Å². The molecule has 0 aliphatic rings. The fraction of sp³-hybridized carbons (Fsp3) is 0.222. The zero-order chi connectivity index (χ0) is 18.1. The van der Waals surface area contributed by atoms with Crippen LogP contribution in [0.2, 0.25) is 0 Å². The molecule has 2 rings (SSSR count). The first-order valence-corrected chi connectivity index (χ1v) is 7.78. The normalized spacial score (nSPS) is 10.6. The fourth-order valence-electron chi connectivity index (χ4n) is 2.16. The van der Waals surface area contributed by atoms with Gasteiger partial charge in [0, 0.05) is 18.6 Å². The van der Waals surface area contributed by atoms with Crippen LogP contribution in [0, 0.1) is 10.1 Å². The number of hydrogen-bond acceptors (Lipinski definition) is 5. The van der Waals surface area contributed by atoms with Crippen LogP contribution in [0.5, 0.6) is 5.75 Å². The van der Waals surface area contributed by atoms with Crippen molar-refractivity contribution in [1.82, 2.24) is 5.43 Å². The van der Waals surface area contributed by atoms with Crippen LogP contribution in [0.4, 0.5) is 5.69 Å². The Hall–Kier alpha value is -3.22. The van der Waals surface area contributed by atoms with Crippen molar-refractivity contribution in [2.45, 2.75) is 19.3 Å². The third-order valence-electron chi connectivity index (χ3n) is 3.54. The van der Waals surface area contributed by atoms with Gasteiger partial charge in [-0.2, -0.15) is 5.10 Å². The molecule has 1 N–H and O–H groups in total. The van der Waals surface area contributed by atoms with Crippen LogP contribution >= 0.6 is 0 Å². The van der Waals surface area contributed by atoms with Crippen LogP contribution < -0.4 is 10.2 Å². The number of nitro groups is 1. The summed E-state index contributed by atoms with van der Waals surface area (Å²) in [5.41, 5.74) is 4.28. The van der Waals surface area contributed by atoms with Gasteiger partial charge in [-0.25, -0.2) is 5.43 Å². The van der Waals surface area contributed by atoms with E-state index in [0.29, 0.717) is 18.4 Å². The van der Waals surface area contributed by atoms with Crippen LogP contribution in [0.15, 0.2) is 53.6 Å². The van der Waals surface area contributed by atoms with Crippen LogP contribution in [-0.2, 0) is 11.2 Å². The molecule has 0 heterocycles. The number of aryl methyl sites for hydroxylation is 1. The van der Waals surface area contributed by atoms with E-state index in [9.17, 15) is 14.9 Å². The van der Waals surface area contributed by atoms with Gasteiger partial charge in [-0.15, -0.1) is 0 Å². The predicted octanol–water partition coefficient (Wildman–Crippen LogP) is 3.08. The second kappa shape index (κ2) is 9.17. The minimum Gasteiger partial charge on any atom is -0.497 e. The molecule has 0 bridgehead atoms. The number of nitro benzene ring substituents is 1. The monoisotopic (exact) mass is 341 g/mol. The highest BCUT2D eigenvalue weighted by molar-refractivity contribution is 5.82. The summed E-state index contributed by atoms with van der Waals surface area (Å²) in [5.74, 6) is 0.633. The number of nitrogens with one attached hydrogen (secondary N) is 1. The molecule has 0 spiro atoms. The van der Waals surface area contributed by atoms with E-state index in [4.69, 9.17) is 4.74 Å². The number of carbonyl (C=O) groups excluding carboxylic acids is 1. The first kappa shape index (κ1) is 18.1. The molecule has 25 heavy (non-hydrogen) atoms. The lowest BCUT2D eigenvalue weighted by Crippen LogP contribution is -2.17. The average molecular weight is 341 g/mol. The smallest absolute Gasteiger partial charge is 0.269 e. The molecule has 0 aliphatic heterocycles. The maximum absolute atomic E-state index is 11.7. The highest BCUT2D eigenvalue weighted by Gasteiger charge is 2.03. The van der Waals surface area contributed by atoms with Gasteiger partial charge in [0.15, 0.2) is 0 Å². The summed E-state index contributed by atoms with van der Waals surface area (Å²) in [6, 6.07) is 13.6. The van der Waals surface area contributed by atoms with Crippen molar-refractivity contribution in [2.24, 2.45) is 5.10 Å². The zero-order valence-electron chi connectivity index (χ0n) is 13.8. The highest BCUT2D eigenvalue weighted by Crippen LogP contribution is 2.13. The summed E-state index contributed by atoms with van der Waals surface area (Å²) in [6.07, 6.45) is 3.32. The Labute approximate surface area is 145 Å². The molecule has 0 aromatic heterocycles. The van der Waals surface area contributed by atoms with E-state index in [-0.39, 0.29) is 11.6 Å². The number of methoxy groups -OCH3 is 1. The van der Waals surface area contributed by atoms with E-state index in [0.717, 1.165) is 17.7 Å². The van der Waals surface area contributed by atoms with E-state index in [1.165, 1.54) is 18.3 Å². The minimum atomic E-state index is -0.467. The summed E-state index contributed by atoms with van der Waals surface area (Å²) in [6.45, 7) is 0. The first-order chi connectivity index (χ1) is 12.1. The molecule has 2 aromatic carbocycles. The van der Waals surface area contributed by atoms with E-state index < -0.39 is 4.92 Å². The standard InChI is InChI=1S/C18H19N3O4/c1-25-17-11-7-14(8-12-17)3-2-4-18(22)20-19-13-15-5-9-16(10-6-15)21(23)24/h5-13H,2-4H2,1H3,(H,20,22). The number of benzene rings is 2. The second-order valence-corrected chi connectivity index (χ2v) is 5.34. The average Bonchev–Trinajstić information content (AvgIpc) is 2.63. The van der Waals surface area contributed by atoms with Gasteiger partial charge < -0.3 is 4.74 Å². The van der Waals surface area contributed by atoms with Gasteiger partial charge in [0.25, 0.3) is 5.69 Å². The Morgan fingerprint density at radius 3 is 2.48 bits per heavy atom. The van der Waals surface area contributed by atoms with Crippen molar-refractivity contribution < 1.29 is 14.5 Å². The Kier molecular flexibility index (Phi) is 6.65. The topological polar surface area (TPSA) is 93.8 Å². The number of carbonyl (C=O) groups is 1. The summed E-state index contributed by atoms with van der Waals surface area (Å²) < 4.78 is 5.10. The molecule has 0 saturated carbocycles. The van der Waals surface area contributed by atoms with E-state index in [2.05, 4.69) is 10.5 Å². The molecule has 2 aromatic rings. The summed E-state index contributed by atoms with van der Waals surface area (Å²) in [7, 11) is 1.62. The summed E-state index contributed by atoms with van der Waals surface area (Å²) in [4.78, 5) is 21.8. The number of ether oxygens (including phenoxy) is 1. The van der Waals surface area contributed by atoms with Gasteiger partial charge in [0.2, 0.25) is 5.91 Å². The van der Waals surface area contributed by atoms with Crippen LogP contribution in [0.3, 0.4) is 0 Å². The van der Waals surface area contributed by atoms with Crippen molar-refractivity contribution in [3.8, 4) is 5.75 Å². The van der Waals surface area contributed by atoms with Crippen molar-refractivity contribution in [2.75, 3.05) is 7.11 Å². The Balaban J connectivity index is 1.71. The molecule has 7 heteroatoms. The van der Waals surface area contributed by atoms with Crippen LogP contribution in [0.1, 0.15) is 24.0 Å². The predicted molar refractivity (Wildman–Crippen MR) is 94.8 cm³/mol. The molecule has 0 aliphatic carbocycles. The quantitative estimate of drug-likeness (QED) is 0.453. The molecule has 0 fully saturated rings. The Morgan fingerprint density at radius 1 is 1.20 bits per heavy atom. The number of amides is 1. The third-order valence-corrected chi connectivity index (χ3v) is 3.54. The molecule has 0 radical (unpaired) electrons. The zero-order valence-corrected chi connectivity index (χ0v) is 13.8. The lowest BCUT2D eigenvalue weighted by atomic mass is 10.1. The molecular weight excluding hydrogens is 322 g/mol. The van der Waals surface area contributed by atoms with Crippen molar-refractivity contribution in [3.63, 3.8) is 0 Å². The van der Waals surface area contributed by atoms with Gasteiger partial charge in [-0.1, -0.05) is 12.1 Å². The molecule has 7 nitrogen and oxygen atoms in total. The molecule has 0 unspecified atom stereocenters. The van der Waals surface area contributed by atoms with Gasteiger partial charge >= 0.3 is 0 Å². The van der Waals surface area contributed by atoms with Gasteiger partial charge in [-0.3, -0.25) is 14.9 Å². The molecule has 130 valence electrons. The SMILES string of the molecule is COc1ccc(CCCC(=O)NN=Cc2ccc([N+](=O)[O-])cc2)cc1. The van der Waals surface area contributed by atoms with Gasteiger partial charge in [0.05, 0.1) is 18.2 Å². The first-order valence-electron chi connectivity index (χ1n) is 7.78. The number of nitrogens with zero attached hydrogens (tertiary/aromatic N) is 2. The molecule has 1 amide bonds. The lowest BCUT2D eigenvalue weighted by Gasteiger charge is -2.03. The summed E-state index contributed by atoms with van der Waals surface area (Å²) in [5, 5.41) is 14.4. The third kappa shape index (κ3) is 6.06. The number of hydrazone groups is 1. The van der Waals surface area contributed by atoms with Crippen molar-refractivity contribution in [1.29, 1.82) is 0 Å². The fourth-order valence-corrected chi connectivity index (χ4v) is 2.16. The molecule has 0 atom stereocenters. The molecular formula is C18H19N3O4. The number of hydrogen-bond donors (Lipinski definition) is 1. The Morgan fingerprint density at radius 2 is 1.88 bits per heavy atom. The largest absolute Gasteiger partial charge is 0.497 e. The maximum atomic E-state index is 11.7. The van der Waals surface area contributed by atoms with Crippen LogP contribution in [-0.4, -0.2) is 24.2 Å². The molecule has 0 saturated heterocycles. The van der Waals surface area contributed by atoms with Gasteiger partial charge in [0.1, 0.15) is 5.75 Å².